The van der Waals surface area contributed by atoms with Crippen molar-refractivity contribution in [2.24, 2.45) is 0 Å². The Hall–Kier alpha value is -1.76. The summed E-state index contributed by atoms with van der Waals surface area (Å²) in [5, 5.41) is 8.56. The van der Waals surface area contributed by atoms with Gasteiger partial charge in [-0.2, -0.15) is 0 Å². The van der Waals surface area contributed by atoms with Gasteiger partial charge in [0.25, 0.3) is 0 Å². The summed E-state index contributed by atoms with van der Waals surface area (Å²) in [6.07, 6.45) is 2.71. The molecule has 7 nitrogen and oxygen atoms in total. The quantitative estimate of drug-likeness (QED) is 0.695. The Morgan fingerprint density at radius 1 is 1.15 bits per heavy atom. The number of imide groups is 1. The fourth-order valence-electron chi connectivity index (χ4n) is 3.13. The van der Waals surface area contributed by atoms with Crippen LogP contribution in [0, 0.1) is 0 Å². The van der Waals surface area contributed by atoms with Crippen LogP contribution in [0.1, 0.15) is 36.8 Å². The van der Waals surface area contributed by atoms with Gasteiger partial charge >= 0.3 is 0 Å². The lowest BCUT2D eigenvalue weighted by Gasteiger charge is -2.31. The molecular weight excluding hydrogens is 258 g/mol. The third-order valence-electron chi connectivity index (χ3n) is 4.55. The van der Waals surface area contributed by atoms with Crippen LogP contribution in [-0.4, -0.2) is 56.0 Å². The van der Waals surface area contributed by atoms with Crippen LogP contribution >= 0.6 is 0 Å². The summed E-state index contributed by atoms with van der Waals surface area (Å²) in [4.78, 5) is 27.0. The zero-order valence-electron chi connectivity index (χ0n) is 11.4. The molecule has 1 aromatic rings. The Labute approximate surface area is 116 Å². The first kappa shape index (κ1) is 12.0. The predicted molar refractivity (Wildman–Crippen MR) is 68.6 cm³/mol. The molecule has 1 atom stereocenters. The van der Waals surface area contributed by atoms with Crippen molar-refractivity contribution in [1.82, 2.24) is 24.6 Å². The van der Waals surface area contributed by atoms with E-state index in [2.05, 4.69) is 19.7 Å². The van der Waals surface area contributed by atoms with Crippen molar-refractivity contribution >= 4 is 11.8 Å². The van der Waals surface area contributed by atoms with Crippen LogP contribution in [0.15, 0.2) is 0 Å². The van der Waals surface area contributed by atoms with Gasteiger partial charge in [0.15, 0.2) is 0 Å². The van der Waals surface area contributed by atoms with Crippen LogP contribution in [0.3, 0.4) is 0 Å². The zero-order chi connectivity index (χ0) is 13.9. The second-order valence-corrected chi connectivity index (χ2v) is 5.88. The molecule has 1 saturated carbocycles. The third kappa shape index (κ3) is 1.69. The second kappa shape index (κ2) is 4.12. The molecule has 3 aliphatic rings. The molecule has 106 valence electrons. The smallest absolute Gasteiger partial charge is 0.246 e. The molecule has 0 spiro atoms. The average Bonchev–Trinajstić information content (AvgIpc) is 3.16. The molecule has 3 heterocycles. The molecule has 0 N–H and O–H groups in total. The highest BCUT2D eigenvalue weighted by molar-refractivity contribution is 6.05. The Morgan fingerprint density at radius 2 is 1.95 bits per heavy atom. The van der Waals surface area contributed by atoms with Crippen molar-refractivity contribution in [3.05, 3.63) is 11.6 Å². The summed E-state index contributed by atoms with van der Waals surface area (Å²) in [7, 11) is 1.56. The molecule has 1 aliphatic carbocycles. The van der Waals surface area contributed by atoms with Crippen molar-refractivity contribution in [2.75, 3.05) is 13.6 Å². The monoisotopic (exact) mass is 275 g/mol. The number of carbonyl (C=O) groups excluding carboxylic acids is 2. The highest BCUT2D eigenvalue weighted by Crippen LogP contribution is 2.39. The van der Waals surface area contributed by atoms with Gasteiger partial charge < -0.3 is 4.57 Å². The first-order chi connectivity index (χ1) is 9.65. The van der Waals surface area contributed by atoms with E-state index in [1.54, 1.807) is 7.05 Å². The summed E-state index contributed by atoms with van der Waals surface area (Å²) < 4.78 is 2.19. The van der Waals surface area contributed by atoms with Gasteiger partial charge in [-0.05, 0) is 12.8 Å². The second-order valence-electron chi connectivity index (χ2n) is 5.88. The molecule has 1 saturated heterocycles. The summed E-state index contributed by atoms with van der Waals surface area (Å²) in [5.74, 6) is 2.43. The minimum atomic E-state index is -0.317. The lowest BCUT2D eigenvalue weighted by molar-refractivity contribution is -0.138. The molecule has 2 aliphatic heterocycles. The zero-order valence-corrected chi connectivity index (χ0v) is 11.4. The van der Waals surface area contributed by atoms with Crippen LogP contribution in [0.2, 0.25) is 0 Å². The van der Waals surface area contributed by atoms with Crippen LogP contribution in [0.4, 0.5) is 0 Å². The van der Waals surface area contributed by atoms with Gasteiger partial charge in [0.2, 0.25) is 11.8 Å². The SMILES string of the molecule is CN1C(=O)CC(N2CCn3c(nnc3C3CC3)C2)C1=O. The molecule has 2 amide bonds. The normalized spacial score (nSPS) is 27.2. The number of aromatic nitrogens is 3. The molecule has 0 aromatic carbocycles. The number of carbonyl (C=O) groups is 2. The maximum atomic E-state index is 12.1. The first-order valence-corrected chi connectivity index (χ1v) is 7.11. The standard InChI is InChI=1S/C13H17N5O2/c1-16-11(19)6-9(13(16)20)17-4-5-18-10(7-17)14-15-12(18)8-2-3-8/h8-9H,2-7H2,1H3. The third-order valence-corrected chi connectivity index (χ3v) is 4.55. The van der Waals surface area contributed by atoms with Gasteiger partial charge in [-0.3, -0.25) is 19.4 Å². The van der Waals surface area contributed by atoms with Crippen LogP contribution in [0.25, 0.3) is 0 Å². The van der Waals surface area contributed by atoms with Crippen LogP contribution in [0.5, 0.6) is 0 Å². The predicted octanol–water partition coefficient (Wildman–Crippen LogP) is -0.272. The Balaban J connectivity index is 1.55. The highest BCUT2D eigenvalue weighted by Gasteiger charge is 2.41. The van der Waals surface area contributed by atoms with E-state index in [0.29, 0.717) is 18.9 Å². The maximum Gasteiger partial charge on any atom is 0.246 e. The molecule has 4 rings (SSSR count). The molecule has 1 aromatic heterocycles. The topological polar surface area (TPSA) is 71.3 Å². The molecule has 0 radical (unpaired) electrons. The van der Waals surface area contributed by atoms with E-state index in [0.717, 1.165) is 24.7 Å². The largest absolute Gasteiger partial charge is 0.312 e. The fraction of sp³-hybridized carbons (Fsp3) is 0.692. The van der Waals surface area contributed by atoms with E-state index in [-0.39, 0.29) is 17.9 Å². The molecule has 7 heteroatoms. The lowest BCUT2D eigenvalue weighted by atomic mass is 10.2. The molecule has 2 fully saturated rings. The van der Waals surface area contributed by atoms with E-state index in [1.165, 1.54) is 17.7 Å². The van der Waals surface area contributed by atoms with Gasteiger partial charge in [0, 0.05) is 26.1 Å². The Bertz CT molecular complexity index is 592. The van der Waals surface area contributed by atoms with E-state index >= 15 is 0 Å². The summed E-state index contributed by atoms with van der Waals surface area (Å²) in [6, 6.07) is -0.317. The number of nitrogens with zero attached hydrogens (tertiary/aromatic N) is 5. The van der Waals surface area contributed by atoms with E-state index in [4.69, 9.17) is 0 Å². The summed E-state index contributed by atoms with van der Waals surface area (Å²) in [6.45, 7) is 2.20. The van der Waals surface area contributed by atoms with Gasteiger partial charge in [-0.1, -0.05) is 0 Å². The number of hydrogen-bond donors (Lipinski definition) is 0. The van der Waals surface area contributed by atoms with Gasteiger partial charge in [0.1, 0.15) is 11.6 Å². The Kier molecular flexibility index (Phi) is 2.47. The van der Waals surface area contributed by atoms with Crippen molar-refractivity contribution in [3.8, 4) is 0 Å². The fourth-order valence-corrected chi connectivity index (χ4v) is 3.13. The molecule has 1 unspecified atom stereocenters. The average molecular weight is 275 g/mol. The molecular formula is C13H17N5O2. The summed E-state index contributed by atoms with van der Waals surface area (Å²) in [5.41, 5.74) is 0. The number of likely N-dealkylation sites (tertiary alicyclic amines) is 1. The Morgan fingerprint density at radius 3 is 2.60 bits per heavy atom. The van der Waals surface area contributed by atoms with E-state index in [9.17, 15) is 9.59 Å². The highest BCUT2D eigenvalue weighted by atomic mass is 16.2. The van der Waals surface area contributed by atoms with Crippen molar-refractivity contribution in [2.45, 2.75) is 44.3 Å². The van der Waals surface area contributed by atoms with Gasteiger partial charge in [-0.15, -0.1) is 10.2 Å². The number of fused-ring (bicyclic) bond motifs is 1. The number of hydrogen-bond acceptors (Lipinski definition) is 5. The first-order valence-electron chi connectivity index (χ1n) is 7.11. The number of likely N-dealkylation sites (N-methyl/N-ethyl adjacent to an activating group) is 1. The minimum Gasteiger partial charge on any atom is -0.312 e. The number of amides is 2. The van der Waals surface area contributed by atoms with Crippen LogP contribution in [-0.2, 0) is 22.7 Å². The molecule has 0 bridgehead atoms. The summed E-state index contributed by atoms with van der Waals surface area (Å²) >= 11 is 0. The van der Waals surface area contributed by atoms with Gasteiger partial charge in [-0.25, -0.2) is 0 Å². The van der Waals surface area contributed by atoms with Crippen LogP contribution < -0.4 is 0 Å². The van der Waals surface area contributed by atoms with Crippen molar-refractivity contribution < 1.29 is 9.59 Å². The maximum absolute atomic E-state index is 12.1. The lowest BCUT2D eigenvalue weighted by Crippen LogP contribution is -2.45. The minimum absolute atomic E-state index is 0.0919. The molecule has 20 heavy (non-hydrogen) atoms. The number of rotatable bonds is 2. The van der Waals surface area contributed by atoms with E-state index < -0.39 is 0 Å². The van der Waals surface area contributed by atoms with Crippen molar-refractivity contribution in [1.29, 1.82) is 0 Å². The van der Waals surface area contributed by atoms with Crippen molar-refractivity contribution in [3.63, 3.8) is 0 Å². The van der Waals surface area contributed by atoms with E-state index in [1.807, 2.05) is 0 Å². The van der Waals surface area contributed by atoms with Gasteiger partial charge in [0.05, 0.1) is 19.0 Å².